The molecule has 1 aromatic rings. The molecule has 0 unspecified atom stereocenters. The van der Waals surface area contributed by atoms with Crippen molar-refractivity contribution in [3.05, 3.63) is 23.3 Å². The highest BCUT2D eigenvalue weighted by molar-refractivity contribution is 5.92. The Bertz CT molecular complexity index is 757. The van der Waals surface area contributed by atoms with Gasteiger partial charge in [0.15, 0.2) is 0 Å². The van der Waals surface area contributed by atoms with E-state index in [0.717, 1.165) is 37.2 Å². The zero-order valence-electron chi connectivity index (χ0n) is 17.9. The Morgan fingerprint density at radius 2 is 1.69 bits per heavy atom. The predicted octanol–water partition coefficient (Wildman–Crippen LogP) is 4.07. The SMILES string of the molecule is Cc1c(N2CCCC2)ccc(C(=O)O)c1OC1CCN(C(=O)OC(C)(C)C)CC1. The van der Waals surface area contributed by atoms with Gasteiger partial charge in [-0.05, 0) is 52.7 Å². The summed E-state index contributed by atoms with van der Waals surface area (Å²) >= 11 is 0. The number of hydrogen-bond donors (Lipinski definition) is 1. The van der Waals surface area contributed by atoms with Crippen LogP contribution in [0.4, 0.5) is 10.5 Å². The molecule has 29 heavy (non-hydrogen) atoms. The maximum atomic E-state index is 12.2. The van der Waals surface area contributed by atoms with E-state index in [1.54, 1.807) is 11.0 Å². The molecule has 1 amide bonds. The molecular formula is C22H32N2O5. The summed E-state index contributed by atoms with van der Waals surface area (Å²) in [5.74, 6) is -0.528. The number of likely N-dealkylation sites (tertiary alicyclic amines) is 1. The summed E-state index contributed by atoms with van der Waals surface area (Å²) < 4.78 is 11.7. The Hall–Kier alpha value is -2.44. The number of carboxylic acid groups (broad SMARTS) is 1. The van der Waals surface area contributed by atoms with Gasteiger partial charge in [0.25, 0.3) is 0 Å². The molecule has 0 bridgehead atoms. The molecule has 2 aliphatic rings. The average Bonchev–Trinajstić information content (AvgIpc) is 3.16. The van der Waals surface area contributed by atoms with Gasteiger partial charge in [-0.25, -0.2) is 9.59 Å². The van der Waals surface area contributed by atoms with Gasteiger partial charge in [0.2, 0.25) is 0 Å². The van der Waals surface area contributed by atoms with E-state index in [2.05, 4.69) is 4.90 Å². The van der Waals surface area contributed by atoms with Crippen LogP contribution in [-0.2, 0) is 4.74 Å². The maximum Gasteiger partial charge on any atom is 0.410 e. The lowest BCUT2D eigenvalue weighted by Gasteiger charge is -2.34. The van der Waals surface area contributed by atoms with Gasteiger partial charge in [0.1, 0.15) is 23.0 Å². The van der Waals surface area contributed by atoms with Crippen LogP contribution in [0.15, 0.2) is 12.1 Å². The minimum absolute atomic E-state index is 0.126. The molecule has 7 nitrogen and oxygen atoms in total. The van der Waals surface area contributed by atoms with Gasteiger partial charge in [-0.1, -0.05) is 0 Å². The van der Waals surface area contributed by atoms with Crippen LogP contribution in [0.3, 0.4) is 0 Å². The minimum Gasteiger partial charge on any atom is -0.489 e. The van der Waals surface area contributed by atoms with Crippen molar-refractivity contribution in [1.29, 1.82) is 0 Å². The van der Waals surface area contributed by atoms with Crippen LogP contribution >= 0.6 is 0 Å². The number of anilines is 1. The lowest BCUT2D eigenvalue weighted by Crippen LogP contribution is -2.44. The van der Waals surface area contributed by atoms with Crippen molar-refractivity contribution < 1.29 is 24.2 Å². The standard InChI is InChI=1S/C22H32N2O5/c1-15-18(23-11-5-6-12-23)8-7-17(20(25)26)19(15)28-16-9-13-24(14-10-16)21(27)29-22(2,3)4/h7-8,16H,5-6,9-14H2,1-4H3,(H,25,26). The van der Waals surface area contributed by atoms with Gasteiger partial charge >= 0.3 is 12.1 Å². The predicted molar refractivity (Wildman–Crippen MR) is 111 cm³/mol. The first-order valence-electron chi connectivity index (χ1n) is 10.4. The van der Waals surface area contributed by atoms with Crippen molar-refractivity contribution in [2.75, 3.05) is 31.1 Å². The van der Waals surface area contributed by atoms with Crippen LogP contribution < -0.4 is 9.64 Å². The Morgan fingerprint density at radius 1 is 1.07 bits per heavy atom. The van der Waals surface area contributed by atoms with E-state index in [-0.39, 0.29) is 17.8 Å². The number of carboxylic acids is 1. The third-order valence-electron chi connectivity index (χ3n) is 5.43. The minimum atomic E-state index is -0.984. The van der Waals surface area contributed by atoms with Gasteiger partial charge < -0.3 is 24.4 Å². The molecule has 2 heterocycles. The summed E-state index contributed by atoms with van der Waals surface area (Å²) in [6, 6.07) is 3.54. The highest BCUT2D eigenvalue weighted by atomic mass is 16.6. The highest BCUT2D eigenvalue weighted by Crippen LogP contribution is 2.35. The topological polar surface area (TPSA) is 79.3 Å². The van der Waals surface area contributed by atoms with E-state index in [4.69, 9.17) is 9.47 Å². The molecule has 0 atom stereocenters. The smallest absolute Gasteiger partial charge is 0.410 e. The number of nitrogens with zero attached hydrogens (tertiary/aromatic N) is 2. The molecule has 0 saturated carbocycles. The second-order valence-corrected chi connectivity index (χ2v) is 8.87. The van der Waals surface area contributed by atoms with Crippen LogP contribution in [0, 0.1) is 6.92 Å². The van der Waals surface area contributed by atoms with Crippen LogP contribution in [-0.4, -0.2) is 60.0 Å². The molecule has 0 radical (unpaired) electrons. The van der Waals surface area contributed by atoms with Gasteiger partial charge in [-0.15, -0.1) is 0 Å². The summed E-state index contributed by atoms with van der Waals surface area (Å²) in [4.78, 5) is 28.0. The lowest BCUT2D eigenvalue weighted by atomic mass is 10.0. The highest BCUT2D eigenvalue weighted by Gasteiger charge is 2.29. The van der Waals surface area contributed by atoms with E-state index in [9.17, 15) is 14.7 Å². The fourth-order valence-corrected chi connectivity index (χ4v) is 3.95. The molecular weight excluding hydrogens is 372 g/mol. The number of rotatable bonds is 4. The van der Waals surface area contributed by atoms with Crippen LogP contribution in [0.2, 0.25) is 0 Å². The number of carbonyl (C=O) groups is 2. The molecule has 7 heteroatoms. The quantitative estimate of drug-likeness (QED) is 0.815. The molecule has 0 aliphatic carbocycles. The maximum absolute atomic E-state index is 12.2. The largest absolute Gasteiger partial charge is 0.489 e. The lowest BCUT2D eigenvalue weighted by molar-refractivity contribution is 0.0125. The molecule has 2 saturated heterocycles. The Morgan fingerprint density at radius 3 is 2.24 bits per heavy atom. The van der Waals surface area contributed by atoms with Crippen LogP contribution in [0.25, 0.3) is 0 Å². The number of aromatic carboxylic acids is 1. The number of benzene rings is 1. The van der Waals surface area contributed by atoms with E-state index in [0.29, 0.717) is 31.7 Å². The summed E-state index contributed by atoms with van der Waals surface area (Å²) in [5.41, 5.74) is 1.60. The van der Waals surface area contributed by atoms with Crippen LogP contribution in [0.5, 0.6) is 5.75 Å². The zero-order valence-corrected chi connectivity index (χ0v) is 17.9. The van der Waals surface area contributed by atoms with E-state index < -0.39 is 11.6 Å². The normalized spacial score (nSPS) is 18.1. The molecule has 3 rings (SSSR count). The fraction of sp³-hybridized carbons (Fsp3) is 0.636. The number of carbonyl (C=O) groups excluding carboxylic acids is 1. The van der Waals surface area contributed by atoms with E-state index in [1.807, 2.05) is 33.8 Å². The van der Waals surface area contributed by atoms with Crippen molar-refractivity contribution >= 4 is 17.7 Å². The third-order valence-corrected chi connectivity index (χ3v) is 5.43. The second-order valence-electron chi connectivity index (χ2n) is 8.87. The first-order chi connectivity index (χ1) is 13.7. The number of amides is 1. The molecule has 0 aromatic heterocycles. The summed E-state index contributed by atoms with van der Waals surface area (Å²) in [6.45, 7) is 10.5. The molecule has 1 aromatic carbocycles. The monoisotopic (exact) mass is 404 g/mol. The summed E-state index contributed by atoms with van der Waals surface area (Å²) in [5, 5.41) is 9.64. The van der Waals surface area contributed by atoms with Gasteiger partial charge in [-0.3, -0.25) is 0 Å². The van der Waals surface area contributed by atoms with Crippen molar-refractivity contribution in [1.82, 2.24) is 4.90 Å². The first kappa shape index (κ1) is 21.3. The van der Waals surface area contributed by atoms with Crippen molar-refractivity contribution in [3.8, 4) is 5.75 Å². The van der Waals surface area contributed by atoms with Gasteiger partial charge in [0.05, 0.1) is 0 Å². The molecule has 2 fully saturated rings. The average molecular weight is 405 g/mol. The molecule has 1 N–H and O–H groups in total. The Balaban J connectivity index is 1.70. The third kappa shape index (κ3) is 5.14. The van der Waals surface area contributed by atoms with Crippen molar-refractivity contribution in [3.63, 3.8) is 0 Å². The second kappa shape index (κ2) is 8.51. The zero-order chi connectivity index (χ0) is 21.2. The Labute approximate surface area is 172 Å². The van der Waals surface area contributed by atoms with Crippen molar-refractivity contribution in [2.45, 2.75) is 65.1 Å². The number of hydrogen-bond acceptors (Lipinski definition) is 5. The van der Waals surface area contributed by atoms with Gasteiger partial charge in [0, 0.05) is 50.3 Å². The number of piperidine rings is 1. The van der Waals surface area contributed by atoms with Crippen LogP contribution in [0.1, 0.15) is 62.4 Å². The van der Waals surface area contributed by atoms with E-state index in [1.165, 1.54) is 0 Å². The van der Waals surface area contributed by atoms with Gasteiger partial charge in [-0.2, -0.15) is 0 Å². The molecule has 160 valence electrons. The Kier molecular flexibility index (Phi) is 6.24. The molecule has 0 spiro atoms. The first-order valence-corrected chi connectivity index (χ1v) is 10.4. The fourth-order valence-electron chi connectivity index (χ4n) is 3.95. The van der Waals surface area contributed by atoms with E-state index >= 15 is 0 Å². The number of ether oxygens (including phenoxy) is 2. The molecule has 2 aliphatic heterocycles. The summed E-state index contributed by atoms with van der Waals surface area (Å²) in [6.07, 6.45) is 3.16. The summed E-state index contributed by atoms with van der Waals surface area (Å²) in [7, 11) is 0. The van der Waals surface area contributed by atoms with Crippen molar-refractivity contribution in [2.24, 2.45) is 0 Å².